The van der Waals surface area contributed by atoms with Crippen molar-refractivity contribution in [1.29, 1.82) is 0 Å². The normalized spacial score (nSPS) is 43.3. The van der Waals surface area contributed by atoms with Crippen LogP contribution >= 0.6 is 0 Å². The molecule has 0 N–H and O–H groups in total. The van der Waals surface area contributed by atoms with Crippen LogP contribution in [0.2, 0.25) is 0 Å². The summed E-state index contributed by atoms with van der Waals surface area (Å²) in [5, 5.41) is 0. The summed E-state index contributed by atoms with van der Waals surface area (Å²) in [5.74, 6) is 7.15. The van der Waals surface area contributed by atoms with E-state index in [9.17, 15) is 9.59 Å². The first-order valence-electron chi connectivity index (χ1n) is 12.5. The number of fused-ring (bicyclic) bond motifs is 4. The van der Waals surface area contributed by atoms with Gasteiger partial charge in [-0.25, -0.2) is 0 Å². The van der Waals surface area contributed by atoms with E-state index < -0.39 is 0 Å². The Morgan fingerprint density at radius 2 is 1.40 bits per heavy atom. The minimum absolute atomic E-state index is 0.0831. The van der Waals surface area contributed by atoms with E-state index in [0.29, 0.717) is 31.0 Å². The van der Waals surface area contributed by atoms with Gasteiger partial charge >= 0.3 is 11.9 Å². The molecule has 4 nitrogen and oxygen atoms in total. The van der Waals surface area contributed by atoms with E-state index in [2.05, 4.69) is 34.6 Å². The molecule has 4 aliphatic carbocycles. The van der Waals surface area contributed by atoms with Crippen LogP contribution in [0.3, 0.4) is 0 Å². The number of ether oxygens (including phenoxy) is 2. The maximum Gasteiger partial charge on any atom is 0.309 e. The van der Waals surface area contributed by atoms with Crippen LogP contribution in [0.15, 0.2) is 0 Å². The zero-order valence-electron chi connectivity index (χ0n) is 20.1. The minimum Gasteiger partial charge on any atom is -0.466 e. The zero-order valence-corrected chi connectivity index (χ0v) is 20.1. The van der Waals surface area contributed by atoms with Crippen molar-refractivity contribution in [2.45, 2.75) is 80.1 Å². The smallest absolute Gasteiger partial charge is 0.309 e. The van der Waals surface area contributed by atoms with Crippen molar-refractivity contribution in [3.8, 4) is 0 Å². The summed E-state index contributed by atoms with van der Waals surface area (Å²) in [6, 6.07) is 0. The molecule has 0 heterocycles. The molecule has 10 atom stereocenters. The van der Waals surface area contributed by atoms with E-state index in [1.54, 1.807) is 0 Å². The molecule has 4 saturated carbocycles. The molecule has 0 saturated heterocycles. The van der Waals surface area contributed by atoms with Crippen LogP contribution in [-0.2, 0) is 19.1 Å². The van der Waals surface area contributed by atoms with Crippen LogP contribution in [0.1, 0.15) is 80.1 Å². The standard InChI is InChI=1S/C14H24O2.C12H20O2/c1-4-5-6-16-14(15)13-8-11-7-12(13)10(3)9(11)2;1-7-8(2)12-5-10(7)4-11(12)6-14-9(3)13/h9-13H,4-8H2,1-3H3;7-8,10-12H,4-6H2,1-3H3. The third-order valence-corrected chi connectivity index (χ3v) is 9.48. The molecule has 4 rings (SSSR count). The largest absolute Gasteiger partial charge is 0.466 e. The molecule has 0 aliphatic heterocycles. The highest BCUT2D eigenvalue weighted by Gasteiger charge is 2.51. The predicted octanol–water partition coefficient (Wildman–Crippen LogP) is 5.74. The molecule has 0 aromatic heterocycles. The summed E-state index contributed by atoms with van der Waals surface area (Å²) in [5.41, 5.74) is 0. The average Bonchev–Trinajstić information content (AvgIpc) is 3.45. The lowest BCUT2D eigenvalue weighted by Gasteiger charge is -2.31. The van der Waals surface area contributed by atoms with E-state index in [1.807, 2.05) is 0 Å². The van der Waals surface area contributed by atoms with Crippen molar-refractivity contribution in [3.05, 3.63) is 0 Å². The molecule has 0 amide bonds. The minimum atomic E-state index is -0.131. The van der Waals surface area contributed by atoms with Gasteiger partial charge in [0.1, 0.15) is 0 Å². The highest BCUT2D eigenvalue weighted by Crippen LogP contribution is 2.56. The van der Waals surface area contributed by atoms with E-state index in [1.165, 1.54) is 26.2 Å². The molecular formula is C26H44O4. The molecule has 30 heavy (non-hydrogen) atoms. The van der Waals surface area contributed by atoms with Crippen LogP contribution in [0.4, 0.5) is 0 Å². The highest BCUT2D eigenvalue weighted by atomic mass is 16.5. The number of hydrogen-bond donors (Lipinski definition) is 0. The lowest BCUT2D eigenvalue weighted by molar-refractivity contribution is -0.151. The van der Waals surface area contributed by atoms with E-state index in [4.69, 9.17) is 9.47 Å². The van der Waals surface area contributed by atoms with Crippen molar-refractivity contribution >= 4 is 11.9 Å². The number of hydrogen-bond acceptors (Lipinski definition) is 4. The Kier molecular flexibility index (Phi) is 7.90. The van der Waals surface area contributed by atoms with E-state index in [0.717, 1.165) is 54.8 Å². The van der Waals surface area contributed by atoms with E-state index >= 15 is 0 Å². The van der Waals surface area contributed by atoms with Gasteiger partial charge in [0.25, 0.3) is 0 Å². The van der Waals surface area contributed by atoms with Crippen molar-refractivity contribution in [2.75, 3.05) is 13.2 Å². The number of rotatable bonds is 6. The number of carbonyl (C=O) groups excluding carboxylic acids is 2. The van der Waals surface area contributed by atoms with Gasteiger partial charge in [0.05, 0.1) is 19.1 Å². The van der Waals surface area contributed by atoms with Gasteiger partial charge in [-0.15, -0.1) is 0 Å². The fourth-order valence-electron chi connectivity index (χ4n) is 7.15. The van der Waals surface area contributed by atoms with Gasteiger partial charge in [0.15, 0.2) is 0 Å². The molecule has 4 heteroatoms. The lowest BCUT2D eigenvalue weighted by atomic mass is 9.76. The fourth-order valence-corrected chi connectivity index (χ4v) is 7.15. The summed E-state index contributed by atoms with van der Waals surface area (Å²) in [6.07, 6.45) is 7.09. The molecule has 172 valence electrons. The van der Waals surface area contributed by atoms with Crippen molar-refractivity contribution < 1.29 is 19.1 Å². The first-order valence-corrected chi connectivity index (χ1v) is 12.5. The van der Waals surface area contributed by atoms with Crippen LogP contribution < -0.4 is 0 Å². The Morgan fingerprint density at radius 3 is 1.90 bits per heavy atom. The second-order valence-corrected chi connectivity index (χ2v) is 10.9. The summed E-state index contributed by atoms with van der Waals surface area (Å²) in [4.78, 5) is 22.7. The lowest BCUT2D eigenvalue weighted by Crippen LogP contribution is -2.31. The van der Waals surface area contributed by atoms with E-state index in [-0.39, 0.29) is 17.9 Å². The predicted molar refractivity (Wildman–Crippen MR) is 119 cm³/mol. The first-order chi connectivity index (χ1) is 14.2. The number of unbranched alkanes of at least 4 members (excludes halogenated alkanes) is 1. The molecule has 0 spiro atoms. The van der Waals surface area contributed by atoms with Crippen LogP contribution in [-0.4, -0.2) is 25.2 Å². The Labute approximate surface area is 183 Å². The first kappa shape index (κ1) is 23.6. The van der Waals surface area contributed by atoms with Gasteiger partial charge < -0.3 is 9.47 Å². The highest BCUT2D eigenvalue weighted by molar-refractivity contribution is 5.73. The second-order valence-electron chi connectivity index (χ2n) is 10.9. The molecule has 4 bridgehead atoms. The van der Waals surface area contributed by atoms with Crippen LogP contribution in [0.5, 0.6) is 0 Å². The topological polar surface area (TPSA) is 52.6 Å². The monoisotopic (exact) mass is 420 g/mol. The summed E-state index contributed by atoms with van der Waals surface area (Å²) < 4.78 is 10.5. The van der Waals surface area contributed by atoms with Crippen molar-refractivity contribution in [2.24, 2.45) is 59.2 Å². The van der Waals surface area contributed by atoms with Gasteiger partial charge in [-0.1, -0.05) is 41.0 Å². The van der Waals surface area contributed by atoms with Crippen LogP contribution in [0.25, 0.3) is 0 Å². The van der Waals surface area contributed by atoms with Gasteiger partial charge in [-0.3, -0.25) is 9.59 Å². The number of esters is 2. The third-order valence-electron chi connectivity index (χ3n) is 9.48. The molecular weight excluding hydrogens is 376 g/mol. The SMILES string of the molecule is CC(=O)OCC1CC2CC1C(C)C2C.CCCCOC(=O)C1CC2CC1C(C)C2C. The molecule has 0 aromatic carbocycles. The number of carbonyl (C=O) groups is 2. The summed E-state index contributed by atoms with van der Waals surface area (Å²) in [6.45, 7) is 14.3. The second kappa shape index (κ2) is 10.0. The Hall–Kier alpha value is -1.06. The molecule has 0 radical (unpaired) electrons. The summed E-state index contributed by atoms with van der Waals surface area (Å²) in [7, 11) is 0. The Balaban J connectivity index is 0.000000172. The maximum absolute atomic E-state index is 11.9. The zero-order chi connectivity index (χ0) is 22.0. The van der Waals surface area contributed by atoms with Crippen molar-refractivity contribution in [3.63, 3.8) is 0 Å². The Morgan fingerprint density at radius 1 is 0.800 bits per heavy atom. The fraction of sp³-hybridized carbons (Fsp3) is 0.923. The molecule has 10 unspecified atom stereocenters. The molecule has 4 aliphatic rings. The van der Waals surface area contributed by atoms with Gasteiger partial charge in [-0.2, -0.15) is 0 Å². The summed E-state index contributed by atoms with van der Waals surface area (Å²) >= 11 is 0. The quantitative estimate of drug-likeness (QED) is 0.406. The van der Waals surface area contributed by atoms with Gasteiger partial charge in [-0.05, 0) is 85.4 Å². The van der Waals surface area contributed by atoms with Crippen LogP contribution in [0, 0.1) is 59.2 Å². The third kappa shape index (κ3) is 4.88. The van der Waals surface area contributed by atoms with Crippen molar-refractivity contribution in [1.82, 2.24) is 0 Å². The van der Waals surface area contributed by atoms with Gasteiger partial charge in [0, 0.05) is 6.92 Å². The van der Waals surface area contributed by atoms with Gasteiger partial charge in [0.2, 0.25) is 0 Å². The average molecular weight is 421 g/mol. The maximum atomic E-state index is 11.9. The Bertz CT molecular complexity index is 598. The molecule has 0 aromatic rings. The molecule has 4 fully saturated rings.